The highest BCUT2D eigenvalue weighted by molar-refractivity contribution is 7.09. The van der Waals surface area contributed by atoms with Gasteiger partial charge in [-0.3, -0.25) is 4.98 Å². The summed E-state index contributed by atoms with van der Waals surface area (Å²) >= 11 is 1.48. The van der Waals surface area contributed by atoms with Crippen LogP contribution >= 0.6 is 11.5 Å². The zero-order valence-corrected chi connectivity index (χ0v) is 14.8. The molecule has 1 aliphatic heterocycles. The Morgan fingerprint density at radius 3 is 2.88 bits per heavy atom. The molecule has 0 N–H and O–H groups in total. The first-order valence-corrected chi connectivity index (χ1v) is 8.82. The number of nitrogens with zero attached hydrogens (tertiary/aromatic N) is 6. The van der Waals surface area contributed by atoms with E-state index in [4.69, 9.17) is 5.26 Å². The minimum atomic E-state index is 0.396. The van der Waals surface area contributed by atoms with E-state index in [0.717, 1.165) is 52.6 Å². The second-order valence-corrected chi connectivity index (χ2v) is 6.95. The van der Waals surface area contributed by atoms with Gasteiger partial charge in [0, 0.05) is 43.2 Å². The van der Waals surface area contributed by atoms with Crippen LogP contribution in [0.5, 0.6) is 0 Å². The topological polar surface area (TPSA) is 78.6 Å². The number of hydrogen-bond acceptors (Lipinski definition) is 7. The summed E-state index contributed by atoms with van der Waals surface area (Å²) in [4.78, 5) is 7.99. The lowest BCUT2D eigenvalue weighted by atomic mass is 10.0. The van der Waals surface area contributed by atoms with Crippen LogP contribution in [0.1, 0.15) is 28.1 Å². The van der Waals surface area contributed by atoms with Gasteiger partial charge in [0.25, 0.3) is 0 Å². The molecule has 25 heavy (non-hydrogen) atoms. The van der Waals surface area contributed by atoms with E-state index in [0.29, 0.717) is 5.69 Å². The first kappa shape index (κ1) is 15.7. The van der Waals surface area contributed by atoms with Crippen LogP contribution in [0.2, 0.25) is 0 Å². The highest BCUT2D eigenvalue weighted by Gasteiger charge is 2.22. The van der Waals surface area contributed by atoms with Gasteiger partial charge in [0.15, 0.2) is 11.5 Å². The Balaban J connectivity index is 1.68. The van der Waals surface area contributed by atoms with Crippen LogP contribution in [0.3, 0.4) is 0 Å². The van der Waals surface area contributed by atoms with Gasteiger partial charge in [-0.1, -0.05) is 0 Å². The van der Waals surface area contributed by atoms with Crippen molar-refractivity contribution >= 4 is 17.4 Å². The van der Waals surface area contributed by atoms with Crippen molar-refractivity contribution in [1.82, 2.24) is 19.6 Å². The highest BCUT2D eigenvalue weighted by atomic mass is 32.1. The maximum atomic E-state index is 9.12. The molecule has 0 fully saturated rings. The van der Waals surface area contributed by atoms with Crippen molar-refractivity contribution in [2.75, 3.05) is 11.4 Å². The lowest BCUT2D eigenvalue weighted by Crippen LogP contribution is -2.32. The van der Waals surface area contributed by atoms with Gasteiger partial charge in [-0.25, -0.2) is 4.37 Å². The van der Waals surface area contributed by atoms with Gasteiger partial charge in [0.05, 0.1) is 4.88 Å². The van der Waals surface area contributed by atoms with Gasteiger partial charge in [0.2, 0.25) is 0 Å². The summed E-state index contributed by atoms with van der Waals surface area (Å²) in [5.74, 6) is 0.852. The van der Waals surface area contributed by atoms with Crippen molar-refractivity contribution < 1.29 is 0 Å². The summed E-state index contributed by atoms with van der Waals surface area (Å²) < 4.78 is 4.17. The molecular weight excluding hydrogens is 332 g/mol. The Morgan fingerprint density at radius 2 is 2.12 bits per heavy atom. The molecule has 0 saturated carbocycles. The van der Waals surface area contributed by atoms with E-state index in [1.807, 2.05) is 32.3 Å². The quantitative estimate of drug-likeness (QED) is 0.708. The molecule has 4 heterocycles. The lowest BCUT2D eigenvalue weighted by Gasteiger charge is -2.30. The van der Waals surface area contributed by atoms with E-state index in [1.54, 1.807) is 0 Å². The van der Waals surface area contributed by atoms with Crippen LogP contribution in [-0.4, -0.2) is 26.1 Å². The van der Waals surface area contributed by atoms with E-state index in [2.05, 4.69) is 36.6 Å². The number of hydrogen-bond donors (Lipinski definition) is 0. The van der Waals surface area contributed by atoms with Crippen LogP contribution in [0.15, 0.2) is 24.5 Å². The van der Waals surface area contributed by atoms with Gasteiger partial charge >= 0.3 is 0 Å². The zero-order valence-electron chi connectivity index (χ0n) is 14.0. The molecule has 4 rings (SSSR count). The van der Waals surface area contributed by atoms with Crippen LogP contribution in [-0.2, 0) is 13.0 Å². The van der Waals surface area contributed by atoms with Gasteiger partial charge in [-0.05, 0) is 54.2 Å². The molecule has 0 atom stereocenters. The summed E-state index contributed by atoms with van der Waals surface area (Å²) in [5, 5.41) is 17.5. The number of nitriles is 1. The molecule has 0 spiro atoms. The SMILES string of the molecule is Cc1c(C#N)nnc(N2CCc3ncc(-c4ccns4)cc3C2)c1C. The molecule has 1 aliphatic rings. The predicted octanol–water partition coefficient (Wildman–Crippen LogP) is 3.05. The second-order valence-electron chi connectivity index (χ2n) is 6.11. The normalized spacial score (nSPS) is 13.4. The molecule has 0 aromatic carbocycles. The number of aromatic nitrogens is 4. The third kappa shape index (κ3) is 2.75. The fourth-order valence-corrected chi connectivity index (χ4v) is 3.68. The van der Waals surface area contributed by atoms with Crippen LogP contribution in [0, 0.1) is 25.2 Å². The first-order valence-electron chi connectivity index (χ1n) is 8.05. The van der Waals surface area contributed by atoms with Crippen molar-refractivity contribution in [3.8, 4) is 16.5 Å². The van der Waals surface area contributed by atoms with Gasteiger partial charge in [0.1, 0.15) is 6.07 Å². The summed E-state index contributed by atoms with van der Waals surface area (Å²) in [6.45, 7) is 5.52. The number of pyridine rings is 1. The third-order valence-corrected chi connectivity index (χ3v) is 5.46. The number of anilines is 1. The van der Waals surface area contributed by atoms with Crippen molar-refractivity contribution in [3.05, 3.63) is 52.6 Å². The third-order valence-electron chi connectivity index (χ3n) is 4.67. The summed E-state index contributed by atoms with van der Waals surface area (Å²) in [5.41, 5.74) is 5.76. The maximum absolute atomic E-state index is 9.12. The highest BCUT2D eigenvalue weighted by Crippen LogP contribution is 2.29. The summed E-state index contributed by atoms with van der Waals surface area (Å²) in [6.07, 6.45) is 4.61. The molecule has 6 nitrogen and oxygen atoms in total. The Labute approximate surface area is 150 Å². The van der Waals surface area contributed by atoms with Crippen molar-refractivity contribution in [1.29, 1.82) is 5.26 Å². The largest absolute Gasteiger partial charge is 0.350 e. The molecule has 7 heteroatoms. The Hall–Kier alpha value is -2.85. The molecule has 0 radical (unpaired) electrons. The minimum absolute atomic E-state index is 0.396. The van der Waals surface area contributed by atoms with Crippen LogP contribution in [0.25, 0.3) is 10.4 Å². The minimum Gasteiger partial charge on any atom is -0.350 e. The van der Waals surface area contributed by atoms with Gasteiger partial charge < -0.3 is 4.90 Å². The van der Waals surface area contributed by atoms with E-state index < -0.39 is 0 Å². The molecule has 3 aromatic heterocycles. The smallest absolute Gasteiger partial charge is 0.166 e. The average Bonchev–Trinajstić information content (AvgIpc) is 3.18. The Kier molecular flexibility index (Phi) is 3.90. The van der Waals surface area contributed by atoms with E-state index >= 15 is 0 Å². The lowest BCUT2D eigenvalue weighted by molar-refractivity contribution is 0.692. The molecule has 0 bridgehead atoms. The van der Waals surface area contributed by atoms with Crippen molar-refractivity contribution in [2.24, 2.45) is 0 Å². The fraction of sp³-hybridized carbons (Fsp3) is 0.278. The van der Waals surface area contributed by atoms with Crippen molar-refractivity contribution in [2.45, 2.75) is 26.8 Å². The zero-order chi connectivity index (χ0) is 17.4. The molecule has 0 saturated heterocycles. The van der Waals surface area contributed by atoms with Crippen molar-refractivity contribution in [3.63, 3.8) is 0 Å². The summed E-state index contributed by atoms with van der Waals surface area (Å²) in [7, 11) is 0. The van der Waals surface area contributed by atoms with E-state index in [-0.39, 0.29) is 0 Å². The van der Waals surface area contributed by atoms with E-state index in [1.165, 1.54) is 17.1 Å². The molecule has 124 valence electrons. The first-order chi connectivity index (χ1) is 12.2. The van der Waals surface area contributed by atoms with E-state index in [9.17, 15) is 0 Å². The standard InChI is InChI=1S/C18H16N6S/c1-11-12(2)18(23-22-16(11)8-19)24-6-4-15-14(10-24)7-13(9-20-15)17-3-5-21-25-17/h3,5,7,9H,4,6,10H2,1-2H3. The predicted molar refractivity (Wildman–Crippen MR) is 96.3 cm³/mol. The second kappa shape index (κ2) is 6.22. The molecule has 0 unspecified atom stereocenters. The number of fused-ring (bicyclic) bond motifs is 1. The molecule has 0 aliphatic carbocycles. The Bertz CT molecular complexity index is 974. The summed E-state index contributed by atoms with van der Waals surface area (Å²) in [6, 6.07) is 6.30. The van der Waals surface area contributed by atoms with Crippen LogP contribution in [0.4, 0.5) is 5.82 Å². The molecular formula is C18H16N6S. The van der Waals surface area contributed by atoms with Gasteiger partial charge in [-0.15, -0.1) is 10.2 Å². The fourth-order valence-electron chi connectivity index (χ4n) is 3.11. The Morgan fingerprint density at radius 1 is 1.24 bits per heavy atom. The monoisotopic (exact) mass is 348 g/mol. The molecule has 3 aromatic rings. The average molecular weight is 348 g/mol. The van der Waals surface area contributed by atoms with Gasteiger partial charge in [-0.2, -0.15) is 5.26 Å². The van der Waals surface area contributed by atoms with Crippen LogP contribution < -0.4 is 4.90 Å². The maximum Gasteiger partial charge on any atom is 0.166 e. The number of rotatable bonds is 2. The molecule has 0 amide bonds.